The Morgan fingerprint density at radius 3 is 2.49 bits per heavy atom. The number of nitrogens with two attached hydrogens (primary N) is 1. The van der Waals surface area contributed by atoms with Crippen molar-refractivity contribution >= 4 is 22.9 Å². The number of aromatic hydroxyl groups is 1. The molecule has 5 rings (SSSR count). The molecule has 2 aromatic heterocycles. The Morgan fingerprint density at radius 2 is 1.80 bits per heavy atom. The third kappa shape index (κ3) is 4.10. The molecule has 9 heteroatoms. The van der Waals surface area contributed by atoms with Gasteiger partial charge in [0.25, 0.3) is 5.91 Å². The monoisotopic (exact) mass is 468 g/mol. The third-order valence-corrected chi connectivity index (χ3v) is 6.27. The second-order valence-electron chi connectivity index (χ2n) is 8.50. The predicted octanol–water partition coefficient (Wildman–Crippen LogP) is 2.26. The number of hydrogen-bond donors (Lipinski definition) is 2. The van der Waals surface area contributed by atoms with Gasteiger partial charge in [-0.25, -0.2) is 14.8 Å². The van der Waals surface area contributed by atoms with Gasteiger partial charge in [0.2, 0.25) is 0 Å². The van der Waals surface area contributed by atoms with E-state index in [0.29, 0.717) is 42.8 Å². The molecule has 1 saturated heterocycles. The van der Waals surface area contributed by atoms with Crippen molar-refractivity contribution < 1.29 is 9.90 Å². The lowest BCUT2D eigenvalue weighted by Crippen LogP contribution is -2.31. The summed E-state index contributed by atoms with van der Waals surface area (Å²) in [5.74, 6) is 5.39. The number of imidazole rings is 1. The highest BCUT2D eigenvalue weighted by Crippen LogP contribution is 2.27. The maximum absolute atomic E-state index is 13.7. The first-order valence-electron chi connectivity index (χ1n) is 11.3. The predicted molar refractivity (Wildman–Crippen MR) is 132 cm³/mol. The fourth-order valence-corrected chi connectivity index (χ4v) is 4.57. The number of amides is 1. The van der Waals surface area contributed by atoms with Crippen LogP contribution in [0.3, 0.4) is 0 Å². The lowest BCUT2D eigenvalue weighted by molar-refractivity contribution is -0.124. The average Bonchev–Trinajstić information content (AvgIpc) is 3.44. The number of likely N-dealkylation sites (tertiary alicyclic amines) is 1. The minimum absolute atomic E-state index is 0.210. The molecule has 1 aliphatic rings. The van der Waals surface area contributed by atoms with Crippen LogP contribution in [0.4, 0.5) is 5.82 Å². The van der Waals surface area contributed by atoms with E-state index in [4.69, 9.17) is 5.73 Å². The van der Waals surface area contributed by atoms with Crippen LogP contribution in [0, 0.1) is 11.8 Å². The maximum atomic E-state index is 13.7. The molecule has 0 unspecified atom stereocenters. The van der Waals surface area contributed by atoms with Crippen molar-refractivity contribution in [2.45, 2.75) is 25.8 Å². The minimum atomic E-state index is -0.278. The van der Waals surface area contributed by atoms with Gasteiger partial charge in [-0.05, 0) is 61.1 Å². The van der Waals surface area contributed by atoms with Crippen molar-refractivity contribution in [2.75, 3.05) is 18.8 Å². The van der Waals surface area contributed by atoms with E-state index in [2.05, 4.69) is 21.8 Å². The number of aromatic nitrogens is 4. The summed E-state index contributed by atoms with van der Waals surface area (Å²) in [7, 11) is 0. The first-order chi connectivity index (χ1) is 17.0. The third-order valence-electron chi connectivity index (χ3n) is 6.27. The Morgan fingerprint density at radius 1 is 1.11 bits per heavy atom. The molecule has 176 valence electrons. The van der Waals surface area contributed by atoms with Gasteiger partial charge in [-0.1, -0.05) is 30.2 Å². The van der Waals surface area contributed by atoms with E-state index in [1.54, 1.807) is 28.5 Å². The molecule has 9 nitrogen and oxygen atoms in total. The normalized spacial score (nSPS) is 15.2. The minimum Gasteiger partial charge on any atom is -0.508 e. The number of fused-ring (bicyclic) bond motifs is 1. The fraction of sp³-hybridized carbons (Fsp3) is 0.231. The molecule has 0 radical (unpaired) electrons. The Bertz CT molecular complexity index is 1520. The van der Waals surface area contributed by atoms with Crippen LogP contribution in [0.2, 0.25) is 0 Å². The van der Waals surface area contributed by atoms with Crippen LogP contribution in [0.5, 0.6) is 5.75 Å². The molecule has 0 aliphatic carbocycles. The zero-order valence-corrected chi connectivity index (χ0v) is 19.2. The summed E-state index contributed by atoms with van der Waals surface area (Å²) in [6, 6.07) is 14.5. The van der Waals surface area contributed by atoms with Crippen LogP contribution in [0.1, 0.15) is 30.5 Å². The highest BCUT2D eigenvalue weighted by Gasteiger charge is 2.31. The number of rotatable bonds is 4. The van der Waals surface area contributed by atoms with Crippen molar-refractivity contribution in [1.82, 2.24) is 24.0 Å². The summed E-state index contributed by atoms with van der Waals surface area (Å²) in [6.45, 7) is 2.52. The van der Waals surface area contributed by atoms with Crippen LogP contribution in [-0.4, -0.2) is 48.1 Å². The summed E-state index contributed by atoms with van der Waals surface area (Å²) in [4.78, 5) is 36.1. The van der Waals surface area contributed by atoms with E-state index in [0.717, 1.165) is 11.1 Å². The topological polar surface area (TPSA) is 119 Å². The zero-order chi connectivity index (χ0) is 24.5. The fourth-order valence-electron chi connectivity index (χ4n) is 4.57. The van der Waals surface area contributed by atoms with Gasteiger partial charge < -0.3 is 15.7 Å². The second kappa shape index (κ2) is 8.99. The van der Waals surface area contributed by atoms with Gasteiger partial charge in [-0.3, -0.25) is 13.9 Å². The molecule has 3 N–H and O–H groups in total. The largest absolute Gasteiger partial charge is 0.508 e. The van der Waals surface area contributed by atoms with Crippen LogP contribution in [0.25, 0.3) is 16.9 Å². The first kappa shape index (κ1) is 22.2. The lowest BCUT2D eigenvalue weighted by Gasteiger charge is -2.14. The van der Waals surface area contributed by atoms with E-state index in [9.17, 15) is 14.7 Å². The maximum Gasteiger partial charge on any atom is 0.335 e. The molecule has 0 saturated carbocycles. The van der Waals surface area contributed by atoms with Gasteiger partial charge in [0, 0.05) is 13.1 Å². The van der Waals surface area contributed by atoms with Gasteiger partial charge in [-0.15, -0.1) is 0 Å². The number of phenols is 1. The summed E-state index contributed by atoms with van der Waals surface area (Å²) in [5.41, 5.74) is 9.59. The molecule has 4 aromatic rings. The van der Waals surface area contributed by atoms with E-state index in [1.807, 2.05) is 36.4 Å². The zero-order valence-electron chi connectivity index (χ0n) is 19.2. The summed E-state index contributed by atoms with van der Waals surface area (Å²) >= 11 is 0. The van der Waals surface area contributed by atoms with Crippen LogP contribution < -0.4 is 11.4 Å². The smallest absolute Gasteiger partial charge is 0.335 e. The van der Waals surface area contributed by atoms with Crippen molar-refractivity contribution in [3.05, 3.63) is 76.5 Å². The standard InChI is InChI=1S/C26H24N6O3/c1-2-3-22(34)30-13-12-20(15-30)32-25-23(24(27)28-16-29-25)31(26(32)35)19-8-4-17(5-9-19)14-18-6-10-21(33)11-7-18/h4-11,16,20,33H,12-15H2,1H3,(H2,27,28,29)/t20-/m1/s1. The molecule has 3 heterocycles. The Balaban J connectivity index is 1.52. The van der Waals surface area contributed by atoms with Crippen molar-refractivity contribution in [1.29, 1.82) is 0 Å². The van der Waals surface area contributed by atoms with Gasteiger partial charge in [0.15, 0.2) is 11.5 Å². The molecule has 0 spiro atoms. The van der Waals surface area contributed by atoms with E-state index < -0.39 is 0 Å². The summed E-state index contributed by atoms with van der Waals surface area (Å²) in [5, 5.41) is 9.49. The van der Waals surface area contributed by atoms with Crippen molar-refractivity contribution in [2.24, 2.45) is 0 Å². The Labute approximate surface area is 201 Å². The van der Waals surface area contributed by atoms with Crippen molar-refractivity contribution in [3.63, 3.8) is 0 Å². The highest BCUT2D eigenvalue weighted by atomic mass is 16.3. The van der Waals surface area contributed by atoms with Crippen LogP contribution in [-0.2, 0) is 11.2 Å². The molecule has 1 fully saturated rings. The Kier molecular flexibility index (Phi) is 5.71. The van der Waals surface area contributed by atoms with Gasteiger partial charge in [0.1, 0.15) is 17.6 Å². The number of hydrogen-bond acceptors (Lipinski definition) is 6. The van der Waals surface area contributed by atoms with Crippen LogP contribution >= 0.6 is 0 Å². The number of carbonyl (C=O) groups is 1. The number of phenolic OH excluding ortho intramolecular Hbond substituents is 1. The number of anilines is 1. The molecule has 1 amide bonds. The van der Waals surface area contributed by atoms with Gasteiger partial charge in [0.05, 0.1) is 11.7 Å². The Hall–Kier alpha value is -4.58. The number of nitrogens with zero attached hydrogens (tertiary/aromatic N) is 5. The number of nitrogen functional groups attached to an aromatic ring is 1. The molecule has 35 heavy (non-hydrogen) atoms. The van der Waals surface area contributed by atoms with Crippen molar-refractivity contribution in [3.8, 4) is 23.3 Å². The SMILES string of the molecule is CC#CC(=O)N1CC[C@@H](n2c(=O)n(-c3ccc(Cc4ccc(O)cc4)cc3)c3c(N)ncnc32)C1. The molecule has 0 bridgehead atoms. The van der Waals surface area contributed by atoms with E-state index >= 15 is 0 Å². The molecule has 1 atom stereocenters. The molecule has 1 aliphatic heterocycles. The van der Waals surface area contributed by atoms with Crippen LogP contribution in [0.15, 0.2) is 59.7 Å². The first-order valence-corrected chi connectivity index (χ1v) is 11.3. The molecule has 2 aromatic carbocycles. The lowest BCUT2D eigenvalue weighted by atomic mass is 10.0. The summed E-state index contributed by atoms with van der Waals surface area (Å²) < 4.78 is 3.15. The van der Waals surface area contributed by atoms with Gasteiger partial charge in [-0.2, -0.15) is 0 Å². The number of carbonyl (C=O) groups excluding carboxylic acids is 1. The second-order valence-corrected chi connectivity index (χ2v) is 8.50. The van der Waals surface area contributed by atoms with Gasteiger partial charge >= 0.3 is 5.69 Å². The molecular formula is C26H24N6O3. The summed E-state index contributed by atoms with van der Waals surface area (Å²) in [6.07, 6.45) is 2.65. The van der Waals surface area contributed by atoms with E-state index in [-0.39, 0.29) is 29.2 Å². The van der Waals surface area contributed by atoms with E-state index in [1.165, 1.54) is 10.9 Å². The number of benzene rings is 2. The highest BCUT2D eigenvalue weighted by molar-refractivity contribution is 5.93. The average molecular weight is 469 g/mol. The molecular weight excluding hydrogens is 444 g/mol. The quantitative estimate of drug-likeness (QED) is 0.444.